The zero-order valence-electron chi connectivity index (χ0n) is 7.99. The number of nitrogen functional groups attached to an aromatic ring is 2. The van der Waals surface area contributed by atoms with Crippen LogP contribution in [0.1, 0.15) is 30.6 Å². The van der Waals surface area contributed by atoms with Gasteiger partial charge in [-0.05, 0) is 6.42 Å². The lowest BCUT2D eigenvalue weighted by molar-refractivity contribution is -0.138. The average molecular weight is 214 g/mol. The van der Waals surface area contributed by atoms with Crippen molar-refractivity contribution in [2.75, 3.05) is 11.5 Å². The van der Waals surface area contributed by atoms with Crippen LogP contribution in [0.2, 0.25) is 0 Å². The summed E-state index contributed by atoms with van der Waals surface area (Å²) in [4.78, 5) is 11.6. The third-order valence-corrected chi connectivity index (χ3v) is 3.21. The van der Waals surface area contributed by atoms with E-state index >= 15 is 0 Å². The van der Waals surface area contributed by atoms with Crippen molar-refractivity contribution in [1.29, 1.82) is 0 Å². The lowest BCUT2D eigenvalue weighted by atomic mass is 10.0. The van der Waals surface area contributed by atoms with E-state index in [4.69, 9.17) is 16.6 Å². The number of thiophene rings is 1. The number of aliphatic carboxylic acids is 1. The van der Waals surface area contributed by atoms with Crippen LogP contribution in [-0.4, -0.2) is 11.1 Å². The van der Waals surface area contributed by atoms with Gasteiger partial charge in [0.1, 0.15) is 0 Å². The molecule has 0 fully saturated rings. The first kappa shape index (κ1) is 10.8. The lowest BCUT2D eigenvalue weighted by Crippen LogP contribution is -2.11. The molecule has 78 valence electrons. The molecule has 0 radical (unpaired) electrons. The van der Waals surface area contributed by atoms with Gasteiger partial charge < -0.3 is 16.6 Å². The van der Waals surface area contributed by atoms with Crippen molar-refractivity contribution in [3.05, 3.63) is 10.3 Å². The highest BCUT2D eigenvalue weighted by atomic mass is 32.1. The summed E-state index contributed by atoms with van der Waals surface area (Å²) >= 11 is 1.32. The smallest absolute Gasteiger partial charge is 0.311 e. The second kappa shape index (κ2) is 4.32. The third-order valence-electron chi connectivity index (χ3n) is 2.08. The fraction of sp³-hybridized carbons (Fsp3) is 0.444. The molecule has 1 heterocycles. The molecular formula is C9H14N2O2S. The highest BCUT2D eigenvalue weighted by Gasteiger charge is 2.23. The molecule has 0 spiro atoms. The van der Waals surface area contributed by atoms with Gasteiger partial charge in [0.05, 0.1) is 17.3 Å². The molecule has 1 rings (SSSR count). The molecule has 0 saturated carbocycles. The Morgan fingerprint density at radius 3 is 2.64 bits per heavy atom. The van der Waals surface area contributed by atoms with Crippen LogP contribution in [0.25, 0.3) is 0 Å². The second-order valence-electron chi connectivity index (χ2n) is 3.15. The van der Waals surface area contributed by atoms with E-state index in [0.717, 1.165) is 6.42 Å². The van der Waals surface area contributed by atoms with Gasteiger partial charge in [0, 0.05) is 10.3 Å². The predicted molar refractivity (Wildman–Crippen MR) is 58.4 cm³/mol. The van der Waals surface area contributed by atoms with Crippen molar-refractivity contribution < 1.29 is 9.90 Å². The number of carboxylic acid groups (broad SMARTS) is 1. The molecule has 4 nitrogen and oxygen atoms in total. The molecule has 0 aliphatic carbocycles. The molecule has 1 aromatic rings. The molecule has 1 atom stereocenters. The van der Waals surface area contributed by atoms with E-state index in [-0.39, 0.29) is 0 Å². The number of carbonyl (C=O) groups is 1. The van der Waals surface area contributed by atoms with E-state index in [1.165, 1.54) is 11.3 Å². The highest BCUT2D eigenvalue weighted by molar-refractivity contribution is 7.11. The zero-order valence-corrected chi connectivity index (χ0v) is 8.80. The van der Waals surface area contributed by atoms with Crippen LogP contribution >= 0.6 is 11.3 Å². The molecule has 1 aromatic heterocycles. The quantitative estimate of drug-likeness (QED) is 0.713. The van der Waals surface area contributed by atoms with E-state index < -0.39 is 11.9 Å². The highest BCUT2D eigenvalue weighted by Crippen LogP contribution is 2.36. The number of nitrogens with two attached hydrogens (primary N) is 2. The molecule has 0 aliphatic heterocycles. The first-order valence-electron chi connectivity index (χ1n) is 4.43. The maximum Gasteiger partial charge on any atom is 0.311 e. The van der Waals surface area contributed by atoms with Crippen molar-refractivity contribution in [2.24, 2.45) is 0 Å². The van der Waals surface area contributed by atoms with Crippen LogP contribution in [0, 0.1) is 0 Å². The Kier molecular flexibility index (Phi) is 3.35. The van der Waals surface area contributed by atoms with Gasteiger partial charge in [0.15, 0.2) is 0 Å². The van der Waals surface area contributed by atoms with Crippen LogP contribution in [-0.2, 0) is 4.79 Å². The van der Waals surface area contributed by atoms with Crippen LogP contribution in [0.15, 0.2) is 5.38 Å². The summed E-state index contributed by atoms with van der Waals surface area (Å²) in [5.41, 5.74) is 12.2. The van der Waals surface area contributed by atoms with Gasteiger partial charge in [-0.25, -0.2) is 0 Å². The second-order valence-corrected chi connectivity index (χ2v) is 4.06. The molecule has 0 aromatic carbocycles. The van der Waals surface area contributed by atoms with Gasteiger partial charge in [0.2, 0.25) is 0 Å². The number of hydrogen-bond donors (Lipinski definition) is 3. The van der Waals surface area contributed by atoms with Crippen LogP contribution in [0.4, 0.5) is 11.4 Å². The maximum absolute atomic E-state index is 11.0. The zero-order chi connectivity index (χ0) is 10.7. The molecule has 0 aliphatic rings. The van der Waals surface area contributed by atoms with Gasteiger partial charge >= 0.3 is 5.97 Å². The Balaban J connectivity index is 2.99. The molecule has 5 N–H and O–H groups in total. The normalized spacial score (nSPS) is 12.6. The Labute approximate surface area is 86.5 Å². The average Bonchev–Trinajstić information content (AvgIpc) is 2.44. The van der Waals surface area contributed by atoms with Gasteiger partial charge in [0.25, 0.3) is 0 Å². The summed E-state index contributed by atoms with van der Waals surface area (Å²) in [5.74, 6) is -1.34. The minimum atomic E-state index is -0.833. The first-order chi connectivity index (χ1) is 6.57. The van der Waals surface area contributed by atoms with Crippen molar-refractivity contribution in [1.82, 2.24) is 0 Å². The van der Waals surface area contributed by atoms with Crippen molar-refractivity contribution in [2.45, 2.75) is 25.7 Å². The van der Waals surface area contributed by atoms with E-state index in [1.807, 2.05) is 6.92 Å². The molecule has 0 saturated heterocycles. The van der Waals surface area contributed by atoms with E-state index in [1.54, 1.807) is 5.38 Å². The van der Waals surface area contributed by atoms with Crippen LogP contribution in [0.5, 0.6) is 0 Å². The molecule has 0 amide bonds. The summed E-state index contributed by atoms with van der Waals surface area (Å²) in [6.45, 7) is 1.95. The number of rotatable bonds is 4. The fourth-order valence-corrected chi connectivity index (χ4v) is 2.33. The van der Waals surface area contributed by atoms with Crippen molar-refractivity contribution in [3.63, 3.8) is 0 Å². The Morgan fingerprint density at radius 2 is 2.29 bits per heavy atom. The fourth-order valence-electron chi connectivity index (χ4n) is 1.32. The van der Waals surface area contributed by atoms with Crippen LogP contribution < -0.4 is 11.5 Å². The topological polar surface area (TPSA) is 89.3 Å². The molecule has 14 heavy (non-hydrogen) atoms. The van der Waals surface area contributed by atoms with E-state index in [9.17, 15) is 4.79 Å². The first-order valence-corrected chi connectivity index (χ1v) is 5.31. The van der Waals surface area contributed by atoms with Crippen molar-refractivity contribution in [3.8, 4) is 0 Å². The standard InChI is InChI=1S/C9H14N2O2S/c1-2-3-5(9(12)13)8-7(11)6(10)4-14-8/h4-5H,2-3,10-11H2,1H3,(H,12,13). The molecule has 5 heteroatoms. The summed E-state index contributed by atoms with van der Waals surface area (Å²) in [6.07, 6.45) is 1.41. The van der Waals surface area contributed by atoms with Crippen molar-refractivity contribution >= 4 is 28.7 Å². The van der Waals surface area contributed by atoms with Gasteiger partial charge in [-0.1, -0.05) is 13.3 Å². The molecule has 1 unspecified atom stereocenters. The van der Waals surface area contributed by atoms with E-state index in [0.29, 0.717) is 22.7 Å². The summed E-state index contributed by atoms with van der Waals surface area (Å²) in [6, 6.07) is 0. The Bertz CT molecular complexity index is 336. The maximum atomic E-state index is 11.0. The molecule has 0 bridgehead atoms. The number of hydrogen-bond acceptors (Lipinski definition) is 4. The third kappa shape index (κ3) is 1.98. The molecular weight excluding hydrogens is 200 g/mol. The minimum absolute atomic E-state index is 0.427. The van der Waals surface area contributed by atoms with E-state index in [2.05, 4.69) is 0 Å². The minimum Gasteiger partial charge on any atom is -0.481 e. The summed E-state index contributed by atoms with van der Waals surface area (Å²) in [5, 5.41) is 10.7. The summed E-state index contributed by atoms with van der Waals surface area (Å²) in [7, 11) is 0. The largest absolute Gasteiger partial charge is 0.481 e. The number of carboxylic acids is 1. The SMILES string of the molecule is CCCC(C(=O)O)c1scc(N)c1N. The monoisotopic (exact) mass is 214 g/mol. The van der Waals surface area contributed by atoms with Gasteiger partial charge in [-0.15, -0.1) is 11.3 Å². The Morgan fingerprint density at radius 1 is 1.64 bits per heavy atom. The number of anilines is 2. The predicted octanol–water partition coefficient (Wildman–Crippen LogP) is 1.88. The lowest BCUT2D eigenvalue weighted by Gasteiger charge is -2.09. The van der Waals surface area contributed by atoms with Crippen LogP contribution in [0.3, 0.4) is 0 Å². The van der Waals surface area contributed by atoms with Gasteiger partial charge in [-0.2, -0.15) is 0 Å². The summed E-state index contributed by atoms with van der Waals surface area (Å²) < 4.78 is 0. The van der Waals surface area contributed by atoms with Gasteiger partial charge in [-0.3, -0.25) is 4.79 Å². The Hall–Kier alpha value is -1.23.